The van der Waals surface area contributed by atoms with Gasteiger partial charge in [-0.15, -0.1) is 0 Å². The fourth-order valence-electron chi connectivity index (χ4n) is 9.21. The molecule has 4 nitrogen and oxygen atoms in total. The Morgan fingerprint density at radius 2 is 1.89 bits per heavy atom. The molecule has 188 valence electrons. The van der Waals surface area contributed by atoms with Crippen molar-refractivity contribution in [3.63, 3.8) is 0 Å². The summed E-state index contributed by atoms with van der Waals surface area (Å²) in [5.41, 5.74) is 4.27. The molecular formula is C30H39ClN2O2. The Morgan fingerprint density at radius 1 is 1.09 bits per heavy atom. The number of hydrogen-bond acceptors (Lipinski definition) is 3. The smallest absolute Gasteiger partial charge is 0.240 e. The highest BCUT2D eigenvalue weighted by molar-refractivity contribution is 6.31. The maximum absolute atomic E-state index is 12.6. The minimum absolute atomic E-state index is 0.00862. The van der Waals surface area contributed by atoms with Gasteiger partial charge in [0.05, 0.1) is 12.1 Å². The molecule has 3 fully saturated rings. The summed E-state index contributed by atoms with van der Waals surface area (Å²) in [6.45, 7) is 6.65. The lowest BCUT2D eigenvalue weighted by molar-refractivity contribution is -0.130. The van der Waals surface area contributed by atoms with Gasteiger partial charge < -0.3 is 5.11 Å². The van der Waals surface area contributed by atoms with E-state index in [1.54, 1.807) is 11.9 Å². The van der Waals surface area contributed by atoms with Crippen molar-refractivity contribution >= 4 is 23.2 Å². The first kappa shape index (κ1) is 23.7. The van der Waals surface area contributed by atoms with Crippen LogP contribution in [0.1, 0.15) is 90.2 Å². The summed E-state index contributed by atoms with van der Waals surface area (Å²) in [5, 5.41) is 17.7. The number of nitrogens with zero attached hydrogens (tertiary/aromatic N) is 2. The van der Waals surface area contributed by atoms with Crippen molar-refractivity contribution in [2.24, 2.45) is 39.6 Å². The van der Waals surface area contributed by atoms with Gasteiger partial charge in [-0.25, -0.2) is 5.01 Å². The number of hydrogen-bond donors (Lipinski definition) is 1. The zero-order valence-corrected chi connectivity index (χ0v) is 22.1. The van der Waals surface area contributed by atoms with Gasteiger partial charge in [0.1, 0.15) is 0 Å². The number of carbonyl (C=O) groups is 1. The average molecular weight is 495 g/mol. The Kier molecular flexibility index (Phi) is 5.73. The number of benzene rings is 1. The molecule has 35 heavy (non-hydrogen) atoms. The molecule has 1 aliphatic heterocycles. The molecule has 4 aliphatic carbocycles. The van der Waals surface area contributed by atoms with E-state index in [4.69, 9.17) is 16.7 Å². The van der Waals surface area contributed by atoms with E-state index in [1.165, 1.54) is 43.4 Å². The molecule has 5 aliphatic rings. The summed E-state index contributed by atoms with van der Waals surface area (Å²) in [5.74, 6) is 2.61. The van der Waals surface area contributed by atoms with Crippen LogP contribution in [0.2, 0.25) is 5.02 Å². The number of halogens is 1. The highest BCUT2D eigenvalue weighted by atomic mass is 35.5. The largest absolute Gasteiger partial charge is 0.393 e. The van der Waals surface area contributed by atoms with E-state index in [-0.39, 0.29) is 28.9 Å². The summed E-state index contributed by atoms with van der Waals surface area (Å²) >= 11 is 6.56. The average Bonchev–Trinajstić information content (AvgIpc) is 3.41. The van der Waals surface area contributed by atoms with E-state index in [0.29, 0.717) is 16.9 Å². The minimum Gasteiger partial charge on any atom is -0.393 e. The van der Waals surface area contributed by atoms with Crippen LogP contribution in [0.5, 0.6) is 0 Å². The lowest BCUT2D eigenvalue weighted by Crippen LogP contribution is -2.51. The predicted octanol–water partition coefficient (Wildman–Crippen LogP) is 6.93. The molecular weight excluding hydrogens is 456 g/mol. The maximum Gasteiger partial charge on any atom is 0.240 e. The molecule has 1 aromatic carbocycles. The van der Waals surface area contributed by atoms with Crippen LogP contribution in [0.3, 0.4) is 0 Å². The van der Waals surface area contributed by atoms with E-state index in [2.05, 4.69) is 19.9 Å². The second-order valence-corrected chi connectivity index (χ2v) is 12.9. The quantitative estimate of drug-likeness (QED) is 0.453. The zero-order valence-electron chi connectivity index (χ0n) is 21.3. The second-order valence-electron chi connectivity index (χ2n) is 12.5. The van der Waals surface area contributed by atoms with Gasteiger partial charge >= 0.3 is 0 Å². The first-order valence-electron chi connectivity index (χ1n) is 13.7. The van der Waals surface area contributed by atoms with Crippen molar-refractivity contribution in [1.29, 1.82) is 0 Å². The fourth-order valence-corrected chi connectivity index (χ4v) is 9.47. The van der Waals surface area contributed by atoms with Crippen molar-refractivity contribution < 1.29 is 9.90 Å². The molecule has 0 bridgehead atoms. The highest BCUT2D eigenvalue weighted by Crippen LogP contribution is 2.66. The predicted molar refractivity (Wildman–Crippen MR) is 140 cm³/mol. The molecule has 8 atom stereocenters. The van der Waals surface area contributed by atoms with E-state index in [1.807, 2.05) is 24.3 Å². The Morgan fingerprint density at radius 3 is 2.66 bits per heavy atom. The number of allylic oxidation sites excluding steroid dienone is 1. The van der Waals surface area contributed by atoms with Crippen LogP contribution in [0.15, 0.2) is 41.0 Å². The van der Waals surface area contributed by atoms with Crippen molar-refractivity contribution in [2.75, 3.05) is 0 Å². The summed E-state index contributed by atoms with van der Waals surface area (Å²) in [7, 11) is 0. The third-order valence-electron chi connectivity index (χ3n) is 11.0. The molecule has 0 radical (unpaired) electrons. The molecule has 1 unspecified atom stereocenters. The van der Waals surface area contributed by atoms with Gasteiger partial charge in [-0.3, -0.25) is 4.79 Å². The SMILES string of the molecule is CC(=O)N1N=C([C@H]2CC[C@H]3[C@@H]4CC=C5C[C@@H](O)CC[C@]5(C)[C@H]4CC[C@]23C)CC1c1ccccc1Cl. The molecule has 6 rings (SSSR count). The first-order valence-corrected chi connectivity index (χ1v) is 14.1. The van der Waals surface area contributed by atoms with Crippen LogP contribution in [0.25, 0.3) is 0 Å². The lowest BCUT2D eigenvalue weighted by Gasteiger charge is -2.58. The Hall–Kier alpha value is -1.65. The lowest BCUT2D eigenvalue weighted by atomic mass is 9.47. The molecule has 0 saturated heterocycles. The van der Waals surface area contributed by atoms with E-state index >= 15 is 0 Å². The van der Waals surface area contributed by atoms with E-state index in [0.717, 1.165) is 43.1 Å². The monoisotopic (exact) mass is 494 g/mol. The maximum atomic E-state index is 12.6. The number of hydrazone groups is 1. The van der Waals surface area contributed by atoms with Crippen molar-refractivity contribution in [3.8, 4) is 0 Å². The highest BCUT2D eigenvalue weighted by Gasteiger charge is 2.60. The van der Waals surface area contributed by atoms with E-state index < -0.39 is 0 Å². The third-order valence-corrected chi connectivity index (χ3v) is 11.3. The summed E-state index contributed by atoms with van der Waals surface area (Å²) in [6, 6.07) is 7.81. The van der Waals surface area contributed by atoms with Crippen LogP contribution in [0.4, 0.5) is 0 Å². The number of rotatable bonds is 2. The molecule has 0 spiro atoms. The third kappa shape index (κ3) is 3.57. The fraction of sp³-hybridized carbons (Fsp3) is 0.667. The number of aliphatic hydroxyl groups is 1. The Bertz CT molecular complexity index is 1100. The molecule has 1 amide bonds. The molecule has 3 saturated carbocycles. The zero-order chi connectivity index (χ0) is 24.5. The Balaban J connectivity index is 1.28. The van der Waals surface area contributed by atoms with Gasteiger partial charge in [0.25, 0.3) is 0 Å². The second kappa shape index (κ2) is 8.45. The van der Waals surface area contributed by atoms with Gasteiger partial charge in [0, 0.05) is 30.0 Å². The molecule has 0 aromatic heterocycles. The first-order chi connectivity index (χ1) is 16.7. The van der Waals surface area contributed by atoms with Crippen LogP contribution in [-0.2, 0) is 4.79 Å². The standard InChI is InChI=1S/C30H39ClN2O2/c1-18(34)33-28(22-6-4-5-7-26(22)31)17-27(32-33)25-11-10-23-21-9-8-19-16-20(35)12-14-29(19,2)24(21)13-15-30(23,25)3/h4-8,20-21,23-25,28,35H,9-17H2,1-3H3/t20-,21-,23-,24-,25+,28?,29-,30-/m0/s1. The molecule has 5 heteroatoms. The van der Waals surface area contributed by atoms with Gasteiger partial charge in [-0.05, 0) is 91.6 Å². The Labute approximate surface area is 214 Å². The van der Waals surface area contributed by atoms with Crippen LogP contribution >= 0.6 is 11.6 Å². The summed E-state index contributed by atoms with van der Waals surface area (Å²) < 4.78 is 0. The van der Waals surface area contributed by atoms with Crippen LogP contribution < -0.4 is 0 Å². The van der Waals surface area contributed by atoms with E-state index in [9.17, 15) is 9.90 Å². The number of aliphatic hydroxyl groups excluding tert-OH is 1. The topological polar surface area (TPSA) is 52.9 Å². The molecule has 1 aromatic rings. The van der Waals surface area contributed by atoms with Gasteiger partial charge in [-0.2, -0.15) is 5.10 Å². The summed E-state index contributed by atoms with van der Waals surface area (Å²) in [4.78, 5) is 12.6. The van der Waals surface area contributed by atoms with Gasteiger partial charge in [-0.1, -0.05) is 55.3 Å². The minimum atomic E-state index is -0.147. The van der Waals surface area contributed by atoms with Gasteiger partial charge in [0.2, 0.25) is 5.91 Å². The van der Waals surface area contributed by atoms with Crippen LogP contribution in [-0.4, -0.2) is 27.8 Å². The normalized spacial score (nSPS) is 42.6. The van der Waals surface area contributed by atoms with Crippen LogP contribution in [0, 0.1) is 34.5 Å². The van der Waals surface area contributed by atoms with Gasteiger partial charge in [0.15, 0.2) is 0 Å². The molecule has 1 heterocycles. The van der Waals surface area contributed by atoms with Crippen molar-refractivity contribution in [1.82, 2.24) is 5.01 Å². The molecule has 1 N–H and O–H groups in total. The van der Waals surface area contributed by atoms with Crippen molar-refractivity contribution in [2.45, 2.75) is 90.7 Å². The van der Waals surface area contributed by atoms with Crippen molar-refractivity contribution in [3.05, 3.63) is 46.5 Å². The number of amides is 1. The summed E-state index contributed by atoms with van der Waals surface area (Å²) in [6.07, 6.45) is 12.2. The number of fused-ring (bicyclic) bond motifs is 5. The number of carbonyl (C=O) groups excluding carboxylic acids is 1.